The molecule has 0 amide bonds. The van der Waals surface area contributed by atoms with Crippen LogP contribution in [-0.2, 0) is 46.4 Å². The maximum atomic E-state index is 12.3. The highest BCUT2D eigenvalue weighted by atomic mass is 16.6. The minimum atomic E-state index is -0.594. The van der Waals surface area contributed by atoms with Gasteiger partial charge in [0.15, 0.2) is 6.10 Å². The van der Waals surface area contributed by atoms with Crippen molar-refractivity contribution in [2.75, 3.05) is 33.4 Å². The molecule has 0 aliphatic heterocycles. The second-order valence-corrected chi connectivity index (χ2v) is 12.3. The maximum absolute atomic E-state index is 12.3. The third kappa shape index (κ3) is 8.65. The Balaban J connectivity index is 1.29. The zero-order valence-corrected chi connectivity index (χ0v) is 28.0. The molecule has 2 atom stereocenters. The van der Waals surface area contributed by atoms with Crippen molar-refractivity contribution in [1.82, 2.24) is 4.90 Å². The van der Waals surface area contributed by atoms with Crippen molar-refractivity contribution in [3.8, 4) is 5.75 Å². The lowest BCUT2D eigenvalue weighted by molar-refractivity contribution is -0.156. The van der Waals surface area contributed by atoms with Gasteiger partial charge in [0.25, 0.3) is 0 Å². The number of ether oxygens (including phenoxy) is 3. The molecule has 5 heteroatoms. The molecule has 1 aliphatic carbocycles. The number of likely N-dealkylation sites (N-methyl/N-ethyl adjacent to an activating group) is 1. The van der Waals surface area contributed by atoms with Gasteiger partial charge >= 0.3 is 5.97 Å². The molecule has 4 aromatic rings. The molecule has 0 aromatic heterocycles. The van der Waals surface area contributed by atoms with E-state index < -0.39 is 6.10 Å². The Kier molecular flexibility index (Phi) is 12.0. The van der Waals surface area contributed by atoms with Gasteiger partial charge in [-0.2, -0.15) is 0 Å². The summed E-state index contributed by atoms with van der Waals surface area (Å²) < 4.78 is 17.1. The van der Waals surface area contributed by atoms with Crippen LogP contribution in [-0.4, -0.2) is 50.4 Å². The first-order valence-corrected chi connectivity index (χ1v) is 17.0. The zero-order valence-electron chi connectivity index (χ0n) is 28.0. The second-order valence-electron chi connectivity index (χ2n) is 12.3. The number of nitrogens with zero attached hydrogens (tertiary/aromatic N) is 1. The van der Waals surface area contributed by atoms with Crippen LogP contribution in [0.2, 0.25) is 0 Å². The van der Waals surface area contributed by atoms with E-state index in [0.717, 1.165) is 50.0 Å². The lowest BCUT2D eigenvalue weighted by Crippen LogP contribution is -2.30. The average molecular weight is 620 g/mol. The summed E-state index contributed by atoms with van der Waals surface area (Å²) in [6.45, 7) is 8.11. The van der Waals surface area contributed by atoms with Gasteiger partial charge in [0.2, 0.25) is 0 Å². The highest BCUT2D eigenvalue weighted by molar-refractivity contribution is 5.75. The average Bonchev–Trinajstić information content (AvgIpc) is 3.22. The molecule has 0 heterocycles. The molecule has 4 aromatic carbocycles. The fourth-order valence-electron chi connectivity index (χ4n) is 6.60. The van der Waals surface area contributed by atoms with E-state index in [1.165, 1.54) is 38.9 Å². The summed E-state index contributed by atoms with van der Waals surface area (Å²) in [4.78, 5) is 14.7. The zero-order chi connectivity index (χ0) is 32.3. The molecule has 0 N–H and O–H groups in total. The highest BCUT2D eigenvalue weighted by Crippen LogP contribution is 2.37. The van der Waals surface area contributed by atoms with Gasteiger partial charge in [-0.1, -0.05) is 92.2 Å². The van der Waals surface area contributed by atoms with E-state index in [0.29, 0.717) is 26.2 Å². The summed E-state index contributed by atoms with van der Waals surface area (Å²) in [7, 11) is 2.22. The number of esters is 1. The lowest BCUT2D eigenvalue weighted by atomic mass is 9.90. The molecule has 2 unspecified atom stereocenters. The molecule has 0 radical (unpaired) electrons. The number of rotatable bonds is 15. The smallest absolute Gasteiger partial charge is 0.335 e. The van der Waals surface area contributed by atoms with Gasteiger partial charge in [0.05, 0.1) is 12.6 Å². The van der Waals surface area contributed by atoms with Crippen LogP contribution in [0.4, 0.5) is 0 Å². The number of carbonyl (C=O) groups excluding carboxylic acids is 1. The Morgan fingerprint density at radius 3 is 2.09 bits per heavy atom. The second kappa shape index (κ2) is 16.6. The van der Waals surface area contributed by atoms with Gasteiger partial charge < -0.3 is 14.2 Å². The molecular formula is C41H49NO4. The summed E-state index contributed by atoms with van der Waals surface area (Å²) in [6.07, 6.45) is 5.21. The molecule has 5 nitrogen and oxygen atoms in total. The van der Waals surface area contributed by atoms with Gasteiger partial charge in [-0.3, -0.25) is 4.90 Å². The van der Waals surface area contributed by atoms with Crippen LogP contribution in [0.15, 0.2) is 91.0 Å². The van der Waals surface area contributed by atoms with E-state index in [2.05, 4.69) is 85.6 Å². The number of benzene rings is 4. The van der Waals surface area contributed by atoms with E-state index >= 15 is 0 Å². The highest BCUT2D eigenvalue weighted by Gasteiger charge is 2.27. The van der Waals surface area contributed by atoms with Crippen molar-refractivity contribution in [2.24, 2.45) is 0 Å². The van der Waals surface area contributed by atoms with Crippen LogP contribution in [0.5, 0.6) is 5.75 Å². The number of carbonyl (C=O) groups is 1. The summed E-state index contributed by atoms with van der Waals surface area (Å²) in [5, 5.41) is 0. The summed E-state index contributed by atoms with van der Waals surface area (Å²) in [5.74, 6) is 0.501. The number of hydrogen-bond acceptors (Lipinski definition) is 5. The van der Waals surface area contributed by atoms with E-state index in [9.17, 15) is 4.79 Å². The molecule has 46 heavy (non-hydrogen) atoms. The van der Waals surface area contributed by atoms with Gasteiger partial charge in [0, 0.05) is 19.6 Å². The van der Waals surface area contributed by atoms with Crippen molar-refractivity contribution >= 4 is 5.97 Å². The van der Waals surface area contributed by atoms with Gasteiger partial charge in [-0.15, -0.1) is 0 Å². The largest absolute Gasteiger partial charge is 0.492 e. The van der Waals surface area contributed by atoms with E-state index in [1.54, 1.807) is 0 Å². The minimum absolute atomic E-state index is 0.165. The molecule has 0 saturated carbocycles. The summed E-state index contributed by atoms with van der Waals surface area (Å²) in [5.41, 5.74) is 10.9. The predicted molar refractivity (Wildman–Crippen MR) is 186 cm³/mol. The Morgan fingerprint density at radius 1 is 0.783 bits per heavy atom. The topological polar surface area (TPSA) is 48.0 Å². The van der Waals surface area contributed by atoms with E-state index in [-0.39, 0.29) is 12.0 Å². The SMILES string of the molecule is CCCc1ccc2c(c1)CCc1cc(Cc3ccccc3)ccc1C2N(C)CCOc1ccc(CC(OCC)C(=O)OCC)cc1. The first kappa shape index (κ1) is 33.4. The normalized spacial score (nSPS) is 14.7. The van der Waals surface area contributed by atoms with Crippen LogP contribution in [0, 0.1) is 0 Å². The maximum Gasteiger partial charge on any atom is 0.335 e. The van der Waals surface area contributed by atoms with Crippen molar-refractivity contribution in [2.45, 2.75) is 71.4 Å². The summed E-state index contributed by atoms with van der Waals surface area (Å²) in [6, 6.07) is 33.1. The van der Waals surface area contributed by atoms with E-state index in [1.807, 2.05) is 38.1 Å². The Hall–Kier alpha value is -3.93. The molecule has 1 aliphatic rings. The number of fused-ring (bicyclic) bond motifs is 2. The summed E-state index contributed by atoms with van der Waals surface area (Å²) >= 11 is 0. The van der Waals surface area contributed by atoms with Crippen molar-refractivity contribution in [3.05, 3.63) is 136 Å². The molecule has 0 bridgehead atoms. The first-order valence-electron chi connectivity index (χ1n) is 17.0. The predicted octanol–water partition coefficient (Wildman–Crippen LogP) is 7.94. The lowest BCUT2D eigenvalue weighted by Gasteiger charge is -2.31. The van der Waals surface area contributed by atoms with Crippen LogP contribution < -0.4 is 4.74 Å². The monoisotopic (exact) mass is 619 g/mol. The van der Waals surface area contributed by atoms with Crippen molar-refractivity contribution in [3.63, 3.8) is 0 Å². The fraction of sp³-hybridized carbons (Fsp3) is 0.390. The molecule has 0 fully saturated rings. The quantitative estimate of drug-likeness (QED) is 0.127. The van der Waals surface area contributed by atoms with E-state index in [4.69, 9.17) is 14.2 Å². The molecule has 0 saturated heterocycles. The van der Waals surface area contributed by atoms with Crippen LogP contribution in [0.1, 0.15) is 77.7 Å². The minimum Gasteiger partial charge on any atom is -0.492 e. The van der Waals surface area contributed by atoms with Crippen molar-refractivity contribution < 1.29 is 19.0 Å². The third-order valence-electron chi connectivity index (χ3n) is 8.87. The number of hydrogen-bond donors (Lipinski definition) is 0. The number of aryl methyl sites for hydroxylation is 3. The van der Waals surface area contributed by atoms with Gasteiger partial charge in [0.1, 0.15) is 12.4 Å². The fourth-order valence-corrected chi connectivity index (χ4v) is 6.60. The Bertz CT molecular complexity index is 1550. The third-order valence-corrected chi connectivity index (χ3v) is 8.87. The molecule has 242 valence electrons. The standard InChI is InChI=1S/C41H49NO4/c1-5-11-30-16-22-37-34(27-30)18-19-35-28-33(26-31-12-9-8-10-13-31)17-23-38(35)40(37)42(4)24-25-46-36-20-14-32(15-21-36)29-39(44-6-2)41(43)45-7-3/h8-10,12-17,20-23,27-28,39-40H,5-7,11,18-19,24-26,29H2,1-4H3. The van der Waals surface area contributed by atoms with Gasteiger partial charge in [-0.05, 0) is 103 Å². The van der Waals surface area contributed by atoms with Crippen molar-refractivity contribution in [1.29, 1.82) is 0 Å². The Morgan fingerprint density at radius 2 is 1.43 bits per heavy atom. The first-order chi connectivity index (χ1) is 22.5. The van der Waals surface area contributed by atoms with Crippen LogP contribution in [0.25, 0.3) is 0 Å². The molecule has 0 spiro atoms. The van der Waals surface area contributed by atoms with Gasteiger partial charge in [-0.25, -0.2) is 4.79 Å². The molecule has 5 rings (SSSR count). The molecular weight excluding hydrogens is 570 g/mol. The van der Waals surface area contributed by atoms with Crippen LogP contribution >= 0.6 is 0 Å². The Labute approximate surface area is 275 Å². The van der Waals surface area contributed by atoms with Crippen LogP contribution in [0.3, 0.4) is 0 Å².